The number of aldehydes is 1. The quantitative estimate of drug-likeness (QED) is 0.390. The van der Waals surface area contributed by atoms with Crippen molar-refractivity contribution in [3.05, 3.63) is 54.1 Å². The van der Waals surface area contributed by atoms with Gasteiger partial charge in [0.25, 0.3) is 5.19 Å². The molecular weight excluding hydrogens is 422 g/mol. The Morgan fingerprint density at radius 1 is 1.25 bits per heavy atom. The van der Waals surface area contributed by atoms with Crippen LogP contribution in [0.15, 0.2) is 48.5 Å². The van der Waals surface area contributed by atoms with Crippen molar-refractivity contribution in [3.8, 4) is 10.9 Å². The van der Waals surface area contributed by atoms with E-state index in [4.69, 9.17) is 4.74 Å². The van der Waals surface area contributed by atoms with Crippen molar-refractivity contribution in [2.45, 2.75) is 18.9 Å². The first kappa shape index (κ1) is 22.9. The van der Waals surface area contributed by atoms with Gasteiger partial charge in [-0.05, 0) is 68.1 Å². The standard InChI is InChI=1S/C22H25N3OS.C3H6O2/c1-25-14-16-12-18(16)20(25)13-23-10-9-15-5-4-6-17(11-15)26-22-24-19-7-2-3-8-21(19)27-22;1-5-3-2-4/h2-8,11,16,18,20,23H,9-10,12-14H2,1H3;2H,3H2,1H3. The third-order valence-corrected chi connectivity index (χ3v) is 7.03. The molecule has 3 atom stereocenters. The molecule has 0 radical (unpaired) electrons. The van der Waals surface area contributed by atoms with Gasteiger partial charge >= 0.3 is 0 Å². The number of nitrogens with zero attached hydrogens (tertiary/aromatic N) is 2. The first-order valence-corrected chi connectivity index (χ1v) is 12.0. The Balaban J connectivity index is 0.000000444. The fraction of sp³-hybridized carbons (Fsp3) is 0.440. The molecule has 2 fully saturated rings. The van der Waals surface area contributed by atoms with Crippen LogP contribution in [0.4, 0.5) is 0 Å². The van der Waals surface area contributed by atoms with Crippen molar-refractivity contribution in [2.24, 2.45) is 11.8 Å². The van der Waals surface area contributed by atoms with E-state index in [0.29, 0.717) is 11.5 Å². The largest absolute Gasteiger partial charge is 0.431 e. The molecule has 32 heavy (non-hydrogen) atoms. The number of likely N-dealkylation sites (N-methyl/N-ethyl adjacent to an activating group) is 1. The molecule has 1 N–H and O–H groups in total. The molecule has 1 aliphatic heterocycles. The fourth-order valence-electron chi connectivity index (χ4n) is 4.40. The van der Waals surface area contributed by atoms with Crippen LogP contribution in [0.1, 0.15) is 12.0 Å². The molecule has 2 aromatic carbocycles. The summed E-state index contributed by atoms with van der Waals surface area (Å²) in [5, 5.41) is 4.36. The lowest BCUT2D eigenvalue weighted by Crippen LogP contribution is -2.39. The van der Waals surface area contributed by atoms with Crippen LogP contribution in [-0.4, -0.2) is 62.6 Å². The molecule has 3 aromatic rings. The summed E-state index contributed by atoms with van der Waals surface area (Å²) >= 11 is 1.59. The number of fused-ring (bicyclic) bond motifs is 2. The van der Waals surface area contributed by atoms with Crippen molar-refractivity contribution in [2.75, 3.05) is 40.4 Å². The summed E-state index contributed by atoms with van der Waals surface area (Å²) in [6, 6.07) is 17.2. The normalized spacial score (nSPS) is 21.6. The van der Waals surface area contributed by atoms with Crippen LogP contribution in [0.25, 0.3) is 10.2 Å². The second-order valence-electron chi connectivity index (χ2n) is 8.44. The Kier molecular flexibility index (Phi) is 7.86. The minimum Gasteiger partial charge on any atom is -0.431 e. The highest BCUT2D eigenvalue weighted by Crippen LogP contribution is 2.48. The Labute approximate surface area is 193 Å². The topological polar surface area (TPSA) is 63.7 Å². The van der Waals surface area contributed by atoms with E-state index in [1.807, 2.05) is 24.3 Å². The summed E-state index contributed by atoms with van der Waals surface area (Å²) < 4.78 is 11.5. The van der Waals surface area contributed by atoms with E-state index in [-0.39, 0.29) is 6.61 Å². The maximum absolute atomic E-state index is 9.28. The van der Waals surface area contributed by atoms with E-state index in [1.165, 1.54) is 25.6 Å². The fourth-order valence-corrected chi connectivity index (χ4v) is 5.24. The van der Waals surface area contributed by atoms with Gasteiger partial charge in [0, 0.05) is 26.2 Å². The second-order valence-corrected chi connectivity index (χ2v) is 9.43. The average molecular weight is 454 g/mol. The number of methoxy groups -OCH3 is 1. The number of hydrogen-bond acceptors (Lipinski definition) is 7. The Morgan fingerprint density at radius 3 is 2.84 bits per heavy atom. The molecule has 0 bridgehead atoms. The van der Waals surface area contributed by atoms with Gasteiger partial charge in [-0.3, -0.25) is 0 Å². The van der Waals surface area contributed by atoms with E-state index in [0.717, 1.165) is 53.4 Å². The molecule has 1 saturated carbocycles. The number of benzene rings is 2. The van der Waals surface area contributed by atoms with Gasteiger partial charge in [0.15, 0.2) is 0 Å². The zero-order valence-corrected chi connectivity index (χ0v) is 19.5. The molecule has 2 heterocycles. The molecule has 0 amide bonds. The van der Waals surface area contributed by atoms with Crippen LogP contribution in [0, 0.1) is 11.8 Å². The van der Waals surface area contributed by atoms with Crippen molar-refractivity contribution >= 4 is 27.8 Å². The van der Waals surface area contributed by atoms with Gasteiger partial charge in [0.05, 0.1) is 10.2 Å². The lowest BCUT2D eigenvalue weighted by molar-refractivity contribution is -0.110. The van der Waals surface area contributed by atoms with Gasteiger partial charge in [-0.25, -0.2) is 4.98 Å². The second kappa shape index (κ2) is 11.0. The molecule has 1 aliphatic carbocycles. The SMILES string of the molecule is CN1CC2CC2C1CNCCc1cccc(Oc2nc3ccccc3s2)c1.COCC=O. The van der Waals surface area contributed by atoms with E-state index in [2.05, 4.69) is 51.3 Å². The van der Waals surface area contributed by atoms with Gasteiger partial charge in [-0.2, -0.15) is 0 Å². The smallest absolute Gasteiger partial charge is 0.279 e. The first-order chi connectivity index (χ1) is 15.7. The van der Waals surface area contributed by atoms with Crippen molar-refractivity contribution in [3.63, 3.8) is 0 Å². The van der Waals surface area contributed by atoms with Crippen LogP contribution >= 0.6 is 11.3 Å². The predicted octanol–water partition coefficient (Wildman–Crippen LogP) is 4.00. The number of aromatic nitrogens is 1. The first-order valence-electron chi connectivity index (χ1n) is 11.1. The van der Waals surface area contributed by atoms with Crippen LogP contribution in [0.2, 0.25) is 0 Å². The Hall–Kier alpha value is -2.32. The Bertz CT molecular complexity index is 989. The number of thiazole rings is 1. The number of hydrogen-bond donors (Lipinski definition) is 1. The lowest BCUT2D eigenvalue weighted by Gasteiger charge is -2.23. The van der Waals surface area contributed by atoms with Crippen molar-refractivity contribution < 1.29 is 14.3 Å². The number of ether oxygens (including phenoxy) is 2. The van der Waals surface area contributed by atoms with E-state index < -0.39 is 0 Å². The number of nitrogens with one attached hydrogen (secondary N) is 1. The molecule has 170 valence electrons. The van der Waals surface area contributed by atoms with Crippen LogP contribution in [0.5, 0.6) is 10.9 Å². The molecule has 1 saturated heterocycles. The predicted molar refractivity (Wildman–Crippen MR) is 129 cm³/mol. The summed E-state index contributed by atoms with van der Waals surface area (Å²) in [5.74, 6) is 2.80. The van der Waals surface area contributed by atoms with Gasteiger partial charge in [-0.15, -0.1) is 0 Å². The van der Waals surface area contributed by atoms with Crippen molar-refractivity contribution in [1.29, 1.82) is 0 Å². The van der Waals surface area contributed by atoms with Gasteiger partial charge in [0.1, 0.15) is 18.6 Å². The minimum atomic E-state index is 0.208. The maximum Gasteiger partial charge on any atom is 0.279 e. The molecule has 1 aromatic heterocycles. The third kappa shape index (κ3) is 5.92. The molecule has 3 unspecified atom stereocenters. The van der Waals surface area contributed by atoms with E-state index in [1.54, 1.807) is 11.3 Å². The summed E-state index contributed by atoms with van der Waals surface area (Å²) in [4.78, 5) is 16.4. The highest BCUT2D eigenvalue weighted by molar-refractivity contribution is 7.20. The third-order valence-electron chi connectivity index (χ3n) is 6.12. The van der Waals surface area contributed by atoms with Gasteiger partial charge in [0.2, 0.25) is 0 Å². The number of likely N-dealkylation sites (tertiary alicyclic amines) is 1. The van der Waals surface area contributed by atoms with Crippen LogP contribution in [0.3, 0.4) is 0 Å². The number of carbonyl (C=O) groups excluding carboxylic acids is 1. The monoisotopic (exact) mass is 453 g/mol. The zero-order chi connectivity index (χ0) is 22.3. The van der Waals surface area contributed by atoms with Gasteiger partial charge < -0.3 is 24.5 Å². The summed E-state index contributed by atoms with van der Waals surface area (Å²) in [6.07, 6.45) is 3.17. The summed E-state index contributed by atoms with van der Waals surface area (Å²) in [6.45, 7) is 3.62. The lowest BCUT2D eigenvalue weighted by atomic mass is 10.1. The highest BCUT2D eigenvalue weighted by Gasteiger charge is 2.50. The summed E-state index contributed by atoms with van der Waals surface area (Å²) in [5.41, 5.74) is 2.29. The number of piperidine rings is 1. The molecule has 2 aliphatic rings. The average Bonchev–Trinajstić information content (AvgIpc) is 3.30. The highest BCUT2D eigenvalue weighted by atomic mass is 32.1. The molecule has 5 rings (SSSR count). The van der Waals surface area contributed by atoms with Crippen molar-refractivity contribution in [1.82, 2.24) is 15.2 Å². The number of para-hydroxylation sites is 1. The molecular formula is C25H31N3O3S. The Morgan fingerprint density at radius 2 is 2.12 bits per heavy atom. The number of carbonyl (C=O) groups is 1. The minimum absolute atomic E-state index is 0.208. The maximum atomic E-state index is 9.28. The molecule has 0 spiro atoms. The van der Waals surface area contributed by atoms with E-state index >= 15 is 0 Å². The van der Waals surface area contributed by atoms with Gasteiger partial charge in [-0.1, -0.05) is 35.6 Å². The summed E-state index contributed by atoms with van der Waals surface area (Å²) in [7, 11) is 3.75. The van der Waals surface area contributed by atoms with Crippen LogP contribution < -0.4 is 10.1 Å². The molecule has 6 nitrogen and oxygen atoms in total. The zero-order valence-electron chi connectivity index (χ0n) is 18.7. The van der Waals surface area contributed by atoms with Crippen LogP contribution in [-0.2, 0) is 16.0 Å². The number of rotatable bonds is 9. The van der Waals surface area contributed by atoms with E-state index in [9.17, 15) is 4.79 Å². The molecule has 7 heteroatoms.